The zero-order valence-corrected chi connectivity index (χ0v) is 14.8. The molecule has 0 aromatic carbocycles. The number of hydrogen-bond acceptors (Lipinski definition) is 6. The summed E-state index contributed by atoms with van der Waals surface area (Å²) >= 11 is 0. The Hall–Kier alpha value is -1.14. The van der Waals surface area contributed by atoms with Crippen LogP contribution in [-0.2, 0) is 19.1 Å². The number of carbonyl (C=O) groups excluding carboxylic acids is 2. The highest BCUT2D eigenvalue weighted by atomic mass is 16.5. The predicted molar refractivity (Wildman–Crippen MR) is 86.6 cm³/mol. The molecule has 0 amide bonds. The SMILES string of the molecule is CCOC(=O)C(C)NC(C)CCCOC(=O)[C@@H](C)NC(C)C. The fourth-order valence-electron chi connectivity index (χ4n) is 2.10. The van der Waals surface area contributed by atoms with Crippen molar-refractivity contribution in [2.75, 3.05) is 13.2 Å². The topological polar surface area (TPSA) is 76.7 Å². The van der Waals surface area contributed by atoms with Crippen molar-refractivity contribution in [3.05, 3.63) is 0 Å². The molecule has 0 aromatic rings. The van der Waals surface area contributed by atoms with Crippen LogP contribution in [0.15, 0.2) is 0 Å². The zero-order chi connectivity index (χ0) is 17.1. The van der Waals surface area contributed by atoms with E-state index in [0.29, 0.717) is 13.2 Å². The summed E-state index contributed by atoms with van der Waals surface area (Å²) in [5.41, 5.74) is 0. The van der Waals surface area contributed by atoms with Crippen molar-refractivity contribution in [3.8, 4) is 0 Å². The Balaban J connectivity index is 3.82. The minimum absolute atomic E-state index is 0.157. The maximum Gasteiger partial charge on any atom is 0.322 e. The second-order valence-electron chi connectivity index (χ2n) is 5.89. The van der Waals surface area contributed by atoms with E-state index in [1.165, 1.54) is 0 Å². The van der Waals surface area contributed by atoms with E-state index in [1.54, 1.807) is 20.8 Å². The van der Waals surface area contributed by atoms with Gasteiger partial charge in [0.2, 0.25) is 0 Å². The van der Waals surface area contributed by atoms with Gasteiger partial charge in [-0.05, 0) is 40.5 Å². The second kappa shape index (κ2) is 11.4. The molecular weight excluding hydrogens is 284 g/mol. The van der Waals surface area contributed by atoms with Crippen LogP contribution in [0, 0.1) is 0 Å². The van der Waals surface area contributed by atoms with E-state index in [9.17, 15) is 9.59 Å². The number of carbonyl (C=O) groups is 2. The summed E-state index contributed by atoms with van der Waals surface area (Å²) in [5, 5.41) is 6.28. The van der Waals surface area contributed by atoms with Gasteiger partial charge in [-0.15, -0.1) is 0 Å². The number of esters is 2. The van der Waals surface area contributed by atoms with Gasteiger partial charge in [0.25, 0.3) is 0 Å². The molecule has 0 aliphatic carbocycles. The molecule has 6 heteroatoms. The summed E-state index contributed by atoms with van der Waals surface area (Å²) in [5.74, 6) is -0.469. The second-order valence-corrected chi connectivity index (χ2v) is 5.89. The minimum Gasteiger partial charge on any atom is -0.465 e. The van der Waals surface area contributed by atoms with Gasteiger partial charge in [-0.25, -0.2) is 0 Å². The summed E-state index contributed by atoms with van der Waals surface area (Å²) in [6.07, 6.45) is 1.58. The normalized spacial score (nSPS) is 15.2. The summed E-state index contributed by atoms with van der Waals surface area (Å²) in [4.78, 5) is 23.2. The molecule has 0 aromatic heterocycles. The van der Waals surface area contributed by atoms with E-state index in [-0.39, 0.29) is 36.1 Å². The van der Waals surface area contributed by atoms with Crippen molar-refractivity contribution in [2.24, 2.45) is 0 Å². The molecule has 0 aliphatic heterocycles. The van der Waals surface area contributed by atoms with Crippen molar-refractivity contribution < 1.29 is 19.1 Å². The Morgan fingerprint density at radius 1 is 0.909 bits per heavy atom. The molecule has 2 N–H and O–H groups in total. The largest absolute Gasteiger partial charge is 0.465 e. The third-order valence-corrected chi connectivity index (χ3v) is 3.14. The maximum atomic E-state index is 11.7. The third kappa shape index (κ3) is 9.73. The van der Waals surface area contributed by atoms with Crippen LogP contribution >= 0.6 is 0 Å². The van der Waals surface area contributed by atoms with Gasteiger partial charge in [-0.3, -0.25) is 9.59 Å². The van der Waals surface area contributed by atoms with Crippen LogP contribution in [-0.4, -0.2) is 49.3 Å². The number of ether oxygens (including phenoxy) is 2. The van der Waals surface area contributed by atoms with Crippen LogP contribution in [0.2, 0.25) is 0 Å². The van der Waals surface area contributed by atoms with Crippen molar-refractivity contribution in [3.63, 3.8) is 0 Å². The average molecular weight is 316 g/mol. The average Bonchev–Trinajstić information content (AvgIpc) is 2.42. The zero-order valence-electron chi connectivity index (χ0n) is 14.8. The van der Waals surface area contributed by atoms with Crippen molar-refractivity contribution in [2.45, 2.75) is 78.6 Å². The minimum atomic E-state index is -0.326. The first-order chi connectivity index (χ1) is 10.3. The van der Waals surface area contributed by atoms with E-state index in [2.05, 4.69) is 10.6 Å². The van der Waals surface area contributed by atoms with Gasteiger partial charge >= 0.3 is 11.9 Å². The highest BCUT2D eigenvalue weighted by molar-refractivity contribution is 5.75. The van der Waals surface area contributed by atoms with Crippen LogP contribution in [0.25, 0.3) is 0 Å². The summed E-state index contributed by atoms with van der Waals surface area (Å²) in [6.45, 7) is 12.1. The number of rotatable bonds is 11. The molecule has 2 unspecified atom stereocenters. The van der Waals surface area contributed by atoms with Crippen LogP contribution < -0.4 is 10.6 Å². The molecule has 0 fully saturated rings. The molecule has 6 nitrogen and oxygen atoms in total. The Bertz CT molecular complexity index is 334. The van der Waals surface area contributed by atoms with Crippen molar-refractivity contribution in [1.82, 2.24) is 10.6 Å². The van der Waals surface area contributed by atoms with Gasteiger partial charge in [0.1, 0.15) is 12.1 Å². The fraction of sp³-hybridized carbons (Fsp3) is 0.875. The molecule has 3 atom stereocenters. The van der Waals surface area contributed by atoms with Gasteiger partial charge in [0.15, 0.2) is 0 Å². The van der Waals surface area contributed by atoms with E-state index >= 15 is 0 Å². The van der Waals surface area contributed by atoms with Crippen molar-refractivity contribution in [1.29, 1.82) is 0 Å². The number of nitrogens with one attached hydrogen (secondary N) is 2. The van der Waals surface area contributed by atoms with Crippen LogP contribution in [0.4, 0.5) is 0 Å². The molecule has 130 valence electrons. The van der Waals surface area contributed by atoms with Gasteiger partial charge in [-0.1, -0.05) is 13.8 Å². The van der Waals surface area contributed by atoms with Gasteiger partial charge in [0, 0.05) is 12.1 Å². The Kier molecular flexibility index (Phi) is 10.8. The molecule has 0 spiro atoms. The van der Waals surface area contributed by atoms with E-state index in [1.807, 2.05) is 20.8 Å². The molecule has 0 bridgehead atoms. The number of hydrogen-bond donors (Lipinski definition) is 2. The Labute approximate surface area is 134 Å². The molecule has 22 heavy (non-hydrogen) atoms. The highest BCUT2D eigenvalue weighted by Gasteiger charge is 2.17. The smallest absolute Gasteiger partial charge is 0.322 e. The molecule has 0 heterocycles. The first kappa shape index (κ1) is 20.9. The molecule has 0 rings (SSSR count). The lowest BCUT2D eigenvalue weighted by Crippen LogP contribution is -2.41. The fourth-order valence-corrected chi connectivity index (χ4v) is 2.10. The maximum absolute atomic E-state index is 11.7. The van der Waals surface area contributed by atoms with E-state index in [0.717, 1.165) is 12.8 Å². The lowest BCUT2D eigenvalue weighted by atomic mass is 10.1. The van der Waals surface area contributed by atoms with Gasteiger partial charge in [0.05, 0.1) is 13.2 Å². The summed E-state index contributed by atoms with van der Waals surface area (Å²) < 4.78 is 10.2. The van der Waals surface area contributed by atoms with Crippen molar-refractivity contribution >= 4 is 11.9 Å². The van der Waals surface area contributed by atoms with Crippen LogP contribution in [0.3, 0.4) is 0 Å². The summed E-state index contributed by atoms with van der Waals surface area (Å²) in [7, 11) is 0. The standard InChI is InChI=1S/C16H32N2O4/c1-7-21-15(19)14(6)18-12(4)9-8-10-22-16(20)13(5)17-11(2)3/h11-14,17-18H,7-10H2,1-6H3/t12?,13-,14?/m1/s1. The van der Waals surface area contributed by atoms with E-state index in [4.69, 9.17) is 9.47 Å². The van der Waals surface area contributed by atoms with Crippen LogP contribution in [0.5, 0.6) is 0 Å². The lowest BCUT2D eigenvalue weighted by molar-refractivity contribution is -0.146. The first-order valence-electron chi connectivity index (χ1n) is 8.13. The molecule has 0 radical (unpaired) electrons. The third-order valence-electron chi connectivity index (χ3n) is 3.14. The Morgan fingerprint density at radius 2 is 1.45 bits per heavy atom. The van der Waals surface area contributed by atoms with Crippen LogP contribution in [0.1, 0.15) is 54.4 Å². The first-order valence-corrected chi connectivity index (χ1v) is 8.13. The molecule has 0 saturated heterocycles. The highest BCUT2D eigenvalue weighted by Crippen LogP contribution is 2.01. The summed E-state index contributed by atoms with van der Waals surface area (Å²) in [6, 6.07) is -0.215. The van der Waals surface area contributed by atoms with E-state index < -0.39 is 0 Å². The predicted octanol–water partition coefficient (Wildman–Crippen LogP) is 1.63. The monoisotopic (exact) mass is 316 g/mol. The molecule has 0 saturated carbocycles. The lowest BCUT2D eigenvalue weighted by Gasteiger charge is -2.19. The van der Waals surface area contributed by atoms with Gasteiger partial charge in [-0.2, -0.15) is 0 Å². The molecule has 0 aliphatic rings. The Morgan fingerprint density at radius 3 is 2.00 bits per heavy atom. The van der Waals surface area contributed by atoms with Gasteiger partial charge < -0.3 is 20.1 Å². The molecular formula is C16H32N2O4. The quantitative estimate of drug-likeness (QED) is 0.446.